The van der Waals surface area contributed by atoms with Crippen molar-refractivity contribution in [3.05, 3.63) is 28.3 Å². The summed E-state index contributed by atoms with van der Waals surface area (Å²) in [6, 6.07) is 2.81. The van der Waals surface area contributed by atoms with Crippen LogP contribution in [-0.2, 0) is 14.8 Å². The van der Waals surface area contributed by atoms with Gasteiger partial charge in [-0.3, -0.25) is 4.79 Å². The molecule has 1 aliphatic rings. The van der Waals surface area contributed by atoms with E-state index in [1.165, 1.54) is 0 Å². The Labute approximate surface area is 197 Å². The molecule has 2 N–H and O–H groups in total. The number of amides is 3. The lowest BCUT2D eigenvalue weighted by Crippen LogP contribution is -2.47. The summed E-state index contributed by atoms with van der Waals surface area (Å²) >= 11 is 6.26. The molecule has 32 heavy (non-hydrogen) atoms. The minimum Gasteiger partial charge on any atom is -0.343 e. The summed E-state index contributed by atoms with van der Waals surface area (Å²) in [4.78, 5) is 26.6. The predicted molar refractivity (Wildman–Crippen MR) is 130 cm³/mol. The van der Waals surface area contributed by atoms with Crippen molar-refractivity contribution in [1.29, 1.82) is 0 Å². The lowest BCUT2D eigenvalue weighted by atomic mass is 9.92. The largest absolute Gasteiger partial charge is 0.343 e. The van der Waals surface area contributed by atoms with Crippen LogP contribution in [0.4, 0.5) is 10.5 Å². The van der Waals surface area contributed by atoms with E-state index in [0.29, 0.717) is 43.1 Å². The summed E-state index contributed by atoms with van der Waals surface area (Å²) in [6.07, 6.45) is 1.07. The average Bonchev–Trinajstić information content (AvgIpc) is 2.67. The first-order valence-corrected chi connectivity index (χ1v) is 13.2. The molecule has 2 rings (SSSR count). The van der Waals surface area contributed by atoms with Crippen LogP contribution < -0.4 is 10.0 Å². The molecule has 7 nitrogen and oxygen atoms in total. The first kappa shape index (κ1) is 26.5. The number of rotatable bonds is 7. The van der Waals surface area contributed by atoms with Gasteiger partial charge in [0.25, 0.3) is 0 Å². The Morgan fingerprint density at radius 3 is 1.97 bits per heavy atom. The number of hydrogen-bond acceptors (Lipinski definition) is 4. The van der Waals surface area contributed by atoms with Crippen LogP contribution in [0.3, 0.4) is 0 Å². The molecule has 0 radical (unpaired) electrons. The fourth-order valence-corrected chi connectivity index (χ4v) is 5.49. The van der Waals surface area contributed by atoms with Gasteiger partial charge in [0.2, 0.25) is 15.9 Å². The molecule has 0 aromatic heterocycles. The van der Waals surface area contributed by atoms with E-state index in [1.807, 2.05) is 41.5 Å². The van der Waals surface area contributed by atoms with Gasteiger partial charge in [-0.2, -0.15) is 0 Å². The number of carbonyl (C=O) groups is 2. The van der Waals surface area contributed by atoms with Gasteiger partial charge in [0.05, 0.1) is 5.25 Å². The highest BCUT2D eigenvalue weighted by Crippen LogP contribution is 2.35. The van der Waals surface area contributed by atoms with Crippen LogP contribution in [-0.4, -0.2) is 43.6 Å². The SMILES string of the molecule is CC(C)CC(=O)N1CCC(S(=O)(=O)NC(=O)Nc2c(C(C)C)cc(Cl)cc2C(C)C)CC1. The maximum Gasteiger partial charge on any atom is 0.332 e. The van der Waals surface area contributed by atoms with Gasteiger partial charge in [-0.15, -0.1) is 0 Å². The maximum atomic E-state index is 12.8. The Morgan fingerprint density at radius 1 is 1.03 bits per heavy atom. The van der Waals surface area contributed by atoms with Gasteiger partial charge in [0.1, 0.15) is 0 Å². The molecule has 1 fully saturated rings. The zero-order valence-corrected chi connectivity index (χ0v) is 21.4. The van der Waals surface area contributed by atoms with E-state index in [1.54, 1.807) is 17.0 Å². The molecule has 1 aromatic rings. The number of sulfonamides is 1. The smallest absolute Gasteiger partial charge is 0.332 e. The van der Waals surface area contributed by atoms with Gasteiger partial charge in [0, 0.05) is 30.2 Å². The lowest BCUT2D eigenvalue weighted by molar-refractivity contribution is -0.132. The Kier molecular flexibility index (Phi) is 8.99. The number of anilines is 1. The summed E-state index contributed by atoms with van der Waals surface area (Å²) in [5.74, 6) is 0.483. The topological polar surface area (TPSA) is 95.6 Å². The molecule has 0 aliphatic carbocycles. The van der Waals surface area contributed by atoms with Gasteiger partial charge in [-0.25, -0.2) is 17.9 Å². The quantitative estimate of drug-likeness (QED) is 0.563. The van der Waals surface area contributed by atoms with E-state index in [0.717, 1.165) is 11.1 Å². The zero-order chi connectivity index (χ0) is 24.2. The molecule has 0 unspecified atom stereocenters. The molecular formula is C23H36ClN3O4S. The monoisotopic (exact) mass is 485 g/mol. The van der Waals surface area contributed by atoms with E-state index in [9.17, 15) is 18.0 Å². The highest BCUT2D eigenvalue weighted by atomic mass is 35.5. The van der Waals surface area contributed by atoms with E-state index < -0.39 is 21.3 Å². The Bertz CT molecular complexity index is 908. The molecule has 9 heteroatoms. The van der Waals surface area contributed by atoms with Crippen molar-refractivity contribution in [2.75, 3.05) is 18.4 Å². The van der Waals surface area contributed by atoms with Crippen LogP contribution in [0.2, 0.25) is 5.02 Å². The number of piperidine rings is 1. The number of benzene rings is 1. The molecule has 0 saturated carbocycles. The van der Waals surface area contributed by atoms with Crippen LogP contribution in [0.25, 0.3) is 0 Å². The molecule has 0 spiro atoms. The minimum atomic E-state index is -3.88. The number of likely N-dealkylation sites (tertiary alicyclic amines) is 1. The van der Waals surface area contributed by atoms with Crippen LogP contribution in [0.5, 0.6) is 0 Å². The van der Waals surface area contributed by atoms with Crippen molar-refractivity contribution in [3.8, 4) is 0 Å². The summed E-state index contributed by atoms with van der Waals surface area (Å²) in [5, 5.41) is 2.63. The number of carbonyl (C=O) groups excluding carboxylic acids is 2. The van der Waals surface area contributed by atoms with Gasteiger partial charge in [0.15, 0.2) is 0 Å². The van der Waals surface area contributed by atoms with E-state index >= 15 is 0 Å². The maximum absolute atomic E-state index is 12.8. The van der Waals surface area contributed by atoms with Gasteiger partial charge < -0.3 is 10.2 Å². The third kappa shape index (κ3) is 6.85. The minimum absolute atomic E-state index is 0.0479. The van der Waals surface area contributed by atoms with E-state index in [4.69, 9.17) is 11.6 Å². The van der Waals surface area contributed by atoms with E-state index in [2.05, 4.69) is 10.0 Å². The molecule has 0 bridgehead atoms. The molecule has 1 saturated heterocycles. The summed E-state index contributed by atoms with van der Waals surface area (Å²) in [6.45, 7) is 12.7. The normalized spacial score (nSPS) is 15.5. The standard InChI is InChI=1S/C23H36ClN3O4S/c1-14(2)11-21(28)27-9-7-18(8-10-27)32(30,31)26-23(29)25-22-19(15(3)4)12-17(24)13-20(22)16(5)6/h12-16,18H,7-11H2,1-6H3,(H2,25,26,29). The number of nitrogens with one attached hydrogen (secondary N) is 2. The summed E-state index contributed by atoms with van der Waals surface area (Å²) in [5.41, 5.74) is 2.30. The molecule has 1 aliphatic heterocycles. The summed E-state index contributed by atoms with van der Waals surface area (Å²) in [7, 11) is -3.88. The Hall–Kier alpha value is -1.80. The highest BCUT2D eigenvalue weighted by Gasteiger charge is 2.33. The van der Waals surface area contributed by atoms with E-state index in [-0.39, 0.29) is 23.7 Å². The van der Waals surface area contributed by atoms with Crippen LogP contribution in [0.1, 0.15) is 83.8 Å². The van der Waals surface area contributed by atoms with Crippen molar-refractivity contribution in [1.82, 2.24) is 9.62 Å². The van der Waals surface area contributed by atoms with Crippen LogP contribution in [0, 0.1) is 5.92 Å². The second-order valence-corrected chi connectivity index (χ2v) is 11.9. The zero-order valence-electron chi connectivity index (χ0n) is 19.9. The molecule has 1 aromatic carbocycles. The lowest BCUT2D eigenvalue weighted by Gasteiger charge is -2.32. The van der Waals surface area contributed by atoms with Crippen molar-refractivity contribution in [2.45, 2.75) is 77.9 Å². The van der Waals surface area contributed by atoms with Crippen LogP contribution in [0.15, 0.2) is 12.1 Å². The fraction of sp³-hybridized carbons (Fsp3) is 0.652. The second-order valence-electron chi connectivity index (χ2n) is 9.55. The first-order chi connectivity index (χ1) is 14.8. The first-order valence-electron chi connectivity index (χ1n) is 11.3. The number of hydrogen-bond donors (Lipinski definition) is 2. The Morgan fingerprint density at radius 2 is 1.53 bits per heavy atom. The number of nitrogens with zero attached hydrogens (tertiary/aromatic N) is 1. The summed E-state index contributed by atoms with van der Waals surface area (Å²) < 4.78 is 27.9. The van der Waals surface area contributed by atoms with Gasteiger partial charge in [-0.1, -0.05) is 53.1 Å². The molecule has 3 amide bonds. The predicted octanol–water partition coefficient (Wildman–Crippen LogP) is 5.08. The Balaban J connectivity index is 2.10. The molecule has 0 atom stereocenters. The van der Waals surface area contributed by atoms with Gasteiger partial charge >= 0.3 is 6.03 Å². The molecular weight excluding hydrogens is 450 g/mol. The second kappa shape index (κ2) is 10.9. The third-order valence-corrected chi connectivity index (χ3v) is 7.74. The molecule has 1 heterocycles. The number of halogens is 1. The van der Waals surface area contributed by atoms with Crippen molar-refractivity contribution < 1.29 is 18.0 Å². The molecule has 180 valence electrons. The van der Waals surface area contributed by atoms with Crippen molar-refractivity contribution in [2.24, 2.45) is 5.92 Å². The highest BCUT2D eigenvalue weighted by molar-refractivity contribution is 7.90. The van der Waals surface area contributed by atoms with Gasteiger partial charge in [-0.05, 0) is 53.9 Å². The fourth-order valence-electron chi connectivity index (χ4n) is 3.95. The van der Waals surface area contributed by atoms with Crippen LogP contribution >= 0.6 is 11.6 Å². The van der Waals surface area contributed by atoms with Crippen molar-refractivity contribution in [3.63, 3.8) is 0 Å². The number of urea groups is 1. The van der Waals surface area contributed by atoms with Crippen molar-refractivity contribution >= 4 is 39.2 Å². The third-order valence-electron chi connectivity index (χ3n) is 5.70. The average molecular weight is 486 g/mol.